The minimum Gasteiger partial charge on any atom is -0.203 e. The molecular weight excluding hydrogens is 299 g/mol. The Bertz CT molecular complexity index is 641. The molecule has 0 N–H and O–H groups in total. The second kappa shape index (κ2) is 6.23. The minimum absolute atomic E-state index is 0.565. The Morgan fingerprint density at radius 3 is 1.86 bits per heavy atom. The molecule has 120 valence electrons. The summed E-state index contributed by atoms with van der Waals surface area (Å²) in [6.45, 7) is 5.40. The Hall–Kier alpha value is -1.65. The van der Waals surface area contributed by atoms with Crippen LogP contribution in [0.2, 0.25) is 0 Å². The van der Waals surface area contributed by atoms with Crippen LogP contribution in [0.15, 0.2) is 22.8 Å². The highest BCUT2D eigenvalue weighted by Gasteiger charge is 2.34. The molecule has 1 unspecified atom stereocenters. The predicted octanol–water partition coefficient (Wildman–Crippen LogP) is 5.93. The molecule has 5 heteroatoms. The summed E-state index contributed by atoms with van der Waals surface area (Å²) in [5.74, 6) is -10.2. The molecule has 0 amide bonds. The molecule has 1 aromatic carbocycles. The maximum atomic E-state index is 14.1. The highest BCUT2D eigenvalue weighted by molar-refractivity contribution is 5.50. The molecule has 22 heavy (non-hydrogen) atoms. The average Bonchev–Trinajstić information content (AvgIpc) is 2.77. The third kappa shape index (κ3) is 2.57. The fourth-order valence-corrected chi connectivity index (χ4v) is 2.86. The fraction of sp³-hybridized carbons (Fsp3) is 0.412. The van der Waals surface area contributed by atoms with Gasteiger partial charge in [0.05, 0.1) is 0 Å². The van der Waals surface area contributed by atoms with Crippen LogP contribution in [-0.2, 0) is 0 Å². The lowest BCUT2D eigenvalue weighted by atomic mass is 9.85. The highest BCUT2D eigenvalue weighted by atomic mass is 19.2. The van der Waals surface area contributed by atoms with E-state index in [1.54, 1.807) is 19.9 Å². The second-order valence-corrected chi connectivity index (χ2v) is 5.61. The molecule has 0 fully saturated rings. The maximum absolute atomic E-state index is 14.1. The third-order valence-corrected chi connectivity index (χ3v) is 4.18. The first-order valence-electron chi connectivity index (χ1n) is 7.20. The quantitative estimate of drug-likeness (QED) is 0.367. The van der Waals surface area contributed by atoms with Crippen LogP contribution >= 0.6 is 0 Å². The van der Waals surface area contributed by atoms with Gasteiger partial charge in [-0.1, -0.05) is 36.1 Å². The zero-order chi connectivity index (χ0) is 16.6. The Kier molecular flexibility index (Phi) is 4.73. The van der Waals surface area contributed by atoms with Gasteiger partial charge in [-0.2, -0.15) is 0 Å². The molecular formula is C17H17F5. The van der Waals surface area contributed by atoms with Crippen LogP contribution in [0.25, 0.3) is 0 Å². The van der Waals surface area contributed by atoms with E-state index in [0.717, 1.165) is 18.4 Å². The van der Waals surface area contributed by atoms with Crippen molar-refractivity contribution in [1.29, 1.82) is 0 Å². The smallest absolute Gasteiger partial charge is 0.200 e. The maximum Gasteiger partial charge on any atom is 0.200 e. The molecule has 0 saturated heterocycles. The number of hydrogen-bond donors (Lipinski definition) is 0. The molecule has 0 radical (unpaired) electrons. The van der Waals surface area contributed by atoms with Gasteiger partial charge >= 0.3 is 0 Å². The van der Waals surface area contributed by atoms with Gasteiger partial charge in [-0.05, 0) is 26.7 Å². The Morgan fingerprint density at radius 1 is 0.864 bits per heavy atom. The van der Waals surface area contributed by atoms with E-state index in [9.17, 15) is 22.0 Å². The van der Waals surface area contributed by atoms with Crippen LogP contribution in [-0.4, -0.2) is 0 Å². The third-order valence-electron chi connectivity index (χ3n) is 4.18. The van der Waals surface area contributed by atoms with Gasteiger partial charge in [0.2, 0.25) is 5.82 Å². The lowest BCUT2D eigenvalue weighted by Crippen LogP contribution is -2.13. The first-order valence-corrected chi connectivity index (χ1v) is 7.20. The monoisotopic (exact) mass is 316 g/mol. The lowest BCUT2D eigenvalue weighted by molar-refractivity contribution is 0.368. The highest BCUT2D eigenvalue weighted by Crippen LogP contribution is 2.44. The van der Waals surface area contributed by atoms with E-state index >= 15 is 0 Å². The lowest BCUT2D eigenvalue weighted by Gasteiger charge is -2.20. The van der Waals surface area contributed by atoms with E-state index in [1.165, 1.54) is 0 Å². The van der Waals surface area contributed by atoms with Gasteiger partial charge in [-0.25, -0.2) is 22.0 Å². The average molecular weight is 316 g/mol. The van der Waals surface area contributed by atoms with Gasteiger partial charge in [0.25, 0.3) is 0 Å². The molecule has 2 rings (SSSR count). The number of hydrogen-bond acceptors (Lipinski definition) is 0. The number of halogens is 5. The number of rotatable bonds is 4. The van der Waals surface area contributed by atoms with Crippen LogP contribution in [0.1, 0.15) is 51.5 Å². The first kappa shape index (κ1) is 16.7. The van der Waals surface area contributed by atoms with Crippen LogP contribution < -0.4 is 0 Å². The summed E-state index contributed by atoms with van der Waals surface area (Å²) >= 11 is 0. The van der Waals surface area contributed by atoms with Crippen molar-refractivity contribution in [3.8, 4) is 0 Å². The van der Waals surface area contributed by atoms with Gasteiger partial charge in [0.1, 0.15) is 0 Å². The van der Waals surface area contributed by atoms with Crippen molar-refractivity contribution in [1.82, 2.24) is 0 Å². The zero-order valence-corrected chi connectivity index (χ0v) is 12.7. The molecule has 1 aliphatic rings. The van der Waals surface area contributed by atoms with Gasteiger partial charge in [0.15, 0.2) is 23.3 Å². The molecule has 0 bridgehead atoms. The van der Waals surface area contributed by atoms with Crippen molar-refractivity contribution in [3.63, 3.8) is 0 Å². The standard InChI is InChI=1S/C17H17F5/c1-4-5-6-10-7-8(2)9(3)11(10)12-13(18)15(20)17(22)16(21)14(12)19/h7,11H,4-6H2,1-3H3. The van der Waals surface area contributed by atoms with Gasteiger partial charge in [0, 0.05) is 11.5 Å². The molecule has 0 nitrogen and oxygen atoms in total. The number of allylic oxidation sites excluding steroid dienone is 4. The molecule has 0 saturated carbocycles. The summed E-state index contributed by atoms with van der Waals surface area (Å²) in [5, 5.41) is 0. The summed E-state index contributed by atoms with van der Waals surface area (Å²) in [6.07, 6.45) is 4.01. The molecule has 0 aliphatic heterocycles. The number of unbranched alkanes of at least 4 members (excludes halogenated alkanes) is 1. The fourth-order valence-electron chi connectivity index (χ4n) is 2.86. The topological polar surface area (TPSA) is 0 Å². The van der Waals surface area contributed by atoms with E-state index in [0.29, 0.717) is 17.6 Å². The van der Waals surface area contributed by atoms with Crippen molar-refractivity contribution in [2.24, 2.45) is 0 Å². The van der Waals surface area contributed by atoms with Gasteiger partial charge in [-0.3, -0.25) is 0 Å². The van der Waals surface area contributed by atoms with E-state index in [4.69, 9.17) is 0 Å². The van der Waals surface area contributed by atoms with Crippen molar-refractivity contribution in [2.75, 3.05) is 0 Å². The van der Waals surface area contributed by atoms with Crippen molar-refractivity contribution in [3.05, 3.63) is 57.4 Å². The van der Waals surface area contributed by atoms with E-state index in [-0.39, 0.29) is 0 Å². The molecule has 0 aromatic heterocycles. The van der Waals surface area contributed by atoms with Gasteiger partial charge < -0.3 is 0 Å². The molecule has 1 atom stereocenters. The van der Waals surface area contributed by atoms with Crippen LogP contribution in [0, 0.1) is 29.1 Å². The molecule has 0 heterocycles. The van der Waals surface area contributed by atoms with E-state index in [2.05, 4.69) is 0 Å². The van der Waals surface area contributed by atoms with E-state index in [1.807, 2.05) is 6.92 Å². The molecule has 1 aliphatic carbocycles. The van der Waals surface area contributed by atoms with Crippen molar-refractivity contribution >= 4 is 0 Å². The van der Waals surface area contributed by atoms with Crippen molar-refractivity contribution in [2.45, 2.75) is 46.0 Å². The van der Waals surface area contributed by atoms with Crippen LogP contribution in [0.4, 0.5) is 22.0 Å². The van der Waals surface area contributed by atoms with Gasteiger partial charge in [-0.15, -0.1) is 0 Å². The summed E-state index contributed by atoms with van der Waals surface area (Å²) in [6, 6.07) is 0. The summed E-state index contributed by atoms with van der Waals surface area (Å²) in [7, 11) is 0. The Labute approximate surface area is 126 Å². The van der Waals surface area contributed by atoms with E-state index < -0.39 is 40.6 Å². The van der Waals surface area contributed by atoms with Crippen LogP contribution in [0.5, 0.6) is 0 Å². The summed E-state index contributed by atoms with van der Waals surface area (Å²) < 4.78 is 68.3. The molecule has 1 aromatic rings. The zero-order valence-electron chi connectivity index (χ0n) is 12.7. The first-order chi connectivity index (χ1) is 10.3. The summed E-state index contributed by atoms with van der Waals surface area (Å²) in [5.41, 5.74) is 1.38. The number of benzene rings is 1. The SMILES string of the molecule is CCCCC1=CC(C)=C(C)C1c1c(F)c(F)c(F)c(F)c1F. The largest absolute Gasteiger partial charge is 0.203 e. The summed E-state index contributed by atoms with van der Waals surface area (Å²) in [4.78, 5) is 0. The Morgan fingerprint density at radius 2 is 1.36 bits per heavy atom. The van der Waals surface area contributed by atoms with Crippen LogP contribution in [0.3, 0.4) is 0 Å². The predicted molar refractivity (Wildman–Crippen MR) is 75.0 cm³/mol. The minimum atomic E-state index is -2.12. The van der Waals surface area contributed by atoms with Crippen molar-refractivity contribution < 1.29 is 22.0 Å². The second-order valence-electron chi connectivity index (χ2n) is 5.61. The molecule has 0 spiro atoms. The Balaban J connectivity index is 2.62. The normalized spacial score (nSPS) is 18.2.